The summed E-state index contributed by atoms with van der Waals surface area (Å²) in [4.78, 5) is 30.8. The molecule has 1 aliphatic heterocycles. The third-order valence-electron chi connectivity index (χ3n) is 3.74. The van der Waals surface area contributed by atoms with Crippen LogP contribution in [0.5, 0.6) is 5.75 Å². The molecule has 0 saturated carbocycles. The van der Waals surface area contributed by atoms with Gasteiger partial charge in [-0.25, -0.2) is 4.99 Å². The Bertz CT molecular complexity index is 704. The summed E-state index contributed by atoms with van der Waals surface area (Å²) >= 11 is 13.1. The molecule has 1 atom stereocenters. The van der Waals surface area contributed by atoms with Crippen molar-refractivity contribution in [3.8, 4) is 5.75 Å². The lowest BCUT2D eigenvalue weighted by Crippen LogP contribution is -2.47. The number of carbonyl (C=O) groups is 2. The number of aromatic hydroxyl groups is 1. The van der Waals surface area contributed by atoms with Gasteiger partial charge in [-0.1, -0.05) is 48.3 Å². The first-order valence-corrected chi connectivity index (χ1v) is 10.0. The van der Waals surface area contributed by atoms with Crippen LogP contribution in [-0.2, 0) is 9.59 Å². The van der Waals surface area contributed by atoms with Gasteiger partial charge in [0.25, 0.3) is 0 Å². The molecule has 6 nitrogen and oxygen atoms in total. The van der Waals surface area contributed by atoms with Crippen molar-refractivity contribution < 1.29 is 14.7 Å². The summed E-state index contributed by atoms with van der Waals surface area (Å²) in [7, 11) is 0. The smallest absolute Gasteiger partial charge is 0.234 e. The van der Waals surface area contributed by atoms with Gasteiger partial charge in [-0.05, 0) is 25.5 Å². The fraction of sp³-hybridized carbons (Fsp3) is 0.471. The highest BCUT2D eigenvalue weighted by molar-refractivity contribution is 8.15. The molecule has 0 aromatic heterocycles. The van der Waals surface area contributed by atoms with Crippen LogP contribution in [0.1, 0.15) is 33.1 Å². The molecule has 26 heavy (non-hydrogen) atoms. The minimum atomic E-state index is -0.526. The van der Waals surface area contributed by atoms with Crippen molar-refractivity contribution in [3.63, 3.8) is 0 Å². The van der Waals surface area contributed by atoms with Crippen LogP contribution in [0.25, 0.3) is 0 Å². The molecule has 142 valence electrons. The van der Waals surface area contributed by atoms with Crippen LogP contribution in [-0.4, -0.2) is 45.3 Å². The minimum Gasteiger partial charge on any atom is -0.505 e. The number of hydrogen-bond donors (Lipinski definition) is 2. The second-order valence-electron chi connectivity index (χ2n) is 5.76. The van der Waals surface area contributed by atoms with E-state index in [0.717, 1.165) is 12.8 Å². The predicted octanol–water partition coefficient (Wildman–Crippen LogP) is 3.96. The van der Waals surface area contributed by atoms with Gasteiger partial charge in [0.1, 0.15) is 0 Å². The topological polar surface area (TPSA) is 82.0 Å². The van der Waals surface area contributed by atoms with Gasteiger partial charge in [0.15, 0.2) is 10.9 Å². The predicted molar refractivity (Wildman–Crippen MR) is 107 cm³/mol. The number of aliphatic imine (C=N–C) groups is 1. The molecule has 2 N–H and O–H groups in total. The Morgan fingerprint density at radius 3 is 2.62 bits per heavy atom. The molecule has 2 amide bonds. The molecule has 1 heterocycles. The number of benzene rings is 1. The lowest BCUT2D eigenvalue weighted by molar-refractivity contribution is -0.130. The quantitative estimate of drug-likeness (QED) is 0.733. The van der Waals surface area contributed by atoms with Crippen LogP contribution in [0, 0.1) is 0 Å². The summed E-state index contributed by atoms with van der Waals surface area (Å²) in [5.41, 5.74) is 0.408. The third-order valence-corrected chi connectivity index (χ3v) is 5.51. The molecule has 1 unspecified atom stereocenters. The SMILES string of the molecule is CCCCN1C(=O)CC(C(=O)NCC)SC1=Nc1cc(Cl)c(O)c(Cl)c1. The van der Waals surface area contributed by atoms with Gasteiger partial charge in [-0.2, -0.15) is 0 Å². The number of hydrogen-bond acceptors (Lipinski definition) is 5. The monoisotopic (exact) mass is 417 g/mol. The van der Waals surface area contributed by atoms with Crippen LogP contribution in [0.4, 0.5) is 5.69 Å². The van der Waals surface area contributed by atoms with Crippen molar-refractivity contribution in [1.29, 1.82) is 0 Å². The van der Waals surface area contributed by atoms with E-state index in [0.29, 0.717) is 23.9 Å². The lowest BCUT2D eigenvalue weighted by atomic mass is 10.2. The lowest BCUT2D eigenvalue weighted by Gasteiger charge is -2.31. The number of unbranched alkanes of at least 4 members (excludes halogenated alkanes) is 1. The number of halogens is 2. The number of nitrogens with zero attached hydrogens (tertiary/aromatic N) is 2. The zero-order chi connectivity index (χ0) is 19.3. The van der Waals surface area contributed by atoms with Gasteiger partial charge in [0.05, 0.1) is 21.0 Å². The molecule has 0 radical (unpaired) electrons. The van der Waals surface area contributed by atoms with E-state index in [4.69, 9.17) is 23.2 Å². The average Bonchev–Trinajstić information content (AvgIpc) is 2.59. The maximum atomic E-state index is 12.6. The van der Waals surface area contributed by atoms with Crippen molar-refractivity contribution in [2.45, 2.75) is 38.4 Å². The van der Waals surface area contributed by atoms with E-state index in [1.807, 2.05) is 13.8 Å². The average molecular weight is 418 g/mol. The normalized spacial score (nSPS) is 19.1. The zero-order valence-electron chi connectivity index (χ0n) is 14.6. The summed E-state index contributed by atoms with van der Waals surface area (Å²) < 4.78 is 0. The molecule has 1 saturated heterocycles. The summed E-state index contributed by atoms with van der Waals surface area (Å²) in [6.07, 6.45) is 1.89. The van der Waals surface area contributed by atoms with E-state index in [9.17, 15) is 14.7 Å². The highest BCUT2D eigenvalue weighted by Gasteiger charge is 2.35. The maximum Gasteiger partial charge on any atom is 0.234 e. The van der Waals surface area contributed by atoms with Gasteiger partial charge in [0.2, 0.25) is 11.8 Å². The van der Waals surface area contributed by atoms with E-state index < -0.39 is 5.25 Å². The number of amidine groups is 1. The molecule has 0 aliphatic carbocycles. The molecule has 1 fully saturated rings. The Morgan fingerprint density at radius 1 is 1.38 bits per heavy atom. The molecule has 1 aromatic carbocycles. The van der Waals surface area contributed by atoms with Crippen molar-refractivity contribution in [1.82, 2.24) is 10.2 Å². The molecule has 2 rings (SSSR count). The number of rotatable bonds is 6. The van der Waals surface area contributed by atoms with Crippen LogP contribution >= 0.6 is 35.0 Å². The van der Waals surface area contributed by atoms with Gasteiger partial charge in [0, 0.05) is 19.5 Å². The largest absolute Gasteiger partial charge is 0.505 e. The van der Waals surface area contributed by atoms with Crippen LogP contribution < -0.4 is 5.32 Å². The second-order valence-corrected chi connectivity index (χ2v) is 7.74. The highest BCUT2D eigenvalue weighted by Crippen LogP contribution is 2.37. The Labute approximate surface area is 166 Å². The molecule has 9 heteroatoms. The van der Waals surface area contributed by atoms with Crippen LogP contribution in [0.3, 0.4) is 0 Å². The summed E-state index contributed by atoms with van der Waals surface area (Å²) in [5, 5.41) is 12.5. The molecule has 0 spiro atoms. The Kier molecular flexibility index (Phi) is 7.61. The first-order chi connectivity index (χ1) is 12.4. The maximum absolute atomic E-state index is 12.6. The number of carbonyl (C=O) groups excluding carboxylic acids is 2. The van der Waals surface area contributed by atoms with E-state index >= 15 is 0 Å². The zero-order valence-corrected chi connectivity index (χ0v) is 16.9. The number of thioether (sulfide) groups is 1. The van der Waals surface area contributed by atoms with Crippen LogP contribution in [0.15, 0.2) is 17.1 Å². The highest BCUT2D eigenvalue weighted by atomic mass is 35.5. The second kappa shape index (κ2) is 9.48. The Morgan fingerprint density at radius 2 is 2.04 bits per heavy atom. The van der Waals surface area contributed by atoms with Gasteiger partial charge < -0.3 is 10.4 Å². The number of phenols is 1. The van der Waals surface area contributed by atoms with E-state index in [2.05, 4.69) is 10.3 Å². The summed E-state index contributed by atoms with van der Waals surface area (Å²) in [6, 6.07) is 2.93. The first-order valence-electron chi connectivity index (χ1n) is 8.38. The molecule has 0 bridgehead atoms. The number of nitrogens with one attached hydrogen (secondary N) is 1. The van der Waals surface area contributed by atoms with Gasteiger partial charge in [-0.15, -0.1) is 0 Å². The fourth-order valence-corrected chi connectivity index (χ4v) is 4.02. The molecule has 1 aliphatic rings. The Hall–Kier alpha value is -1.44. The van der Waals surface area contributed by atoms with Crippen molar-refractivity contribution in [2.75, 3.05) is 13.1 Å². The standard InChI is InChI=1S/C17H21Cl2N3O3S/c1-3-5-6-22-14(23)9-13(16(25)20-4-2)26-17(22)21-10-7-11(18)15(24)12(19)8-10/h7-8,13,24H,3-6,9H2,1-2H3,(H,20,25). The minimum absolute atomic E-state index is 0.0735. The van der Waals surface area contributed by atoms with E-state index in [-0.39, 0.29) is 34.0 Å². The number of amides is 2. The summed E-state index contributed by atoms with van der Waals surface area (Å²) in [6.45, 7) is 4.90. The van der Waals surface area contributed by atoms with Crippen LogP contribution in [0.2, 0.25) is 10.0 Å². The first kappa shape index (κ1) is 20.9. The van der Waals surface area contributed by atoms with Gasteiger partial charge >= 0.3 is 0 Å². The molecule has 1 aromatic rings. The van der Waals surface area contributed by atoms with Crippen molar-refractivity contribution >= 4 is 57.6 Å². The Balaban J connectivity index is 2.36. The van der Waals surface area contributed by atoms with Crippen molar-refractivity contribution in [2.24, 2.45) is 4.99 Å². The molecular weight excluding hydrogens is 397 g/mol. The number of phenolic OH excluding ortho intramolecular Hbond substituents is 1. The van der Waals surface area contributed by atoms with E-state index in [1.54, 1.807) is 4.90 Å². The fourth-order valence-electron chi connectivity index (χ4n) is 2.39. The molecular formula is C17H21Cl2N3O3S. The third kappa shape index (κ3) is 5.05. The van der Waals surface area contributed by atoms with Crippen molar-refractivity contribution in [3.05, 3.63) is 22.2 Å². The van der Waals surface area contributed by atoms with Gasteiger partial charge in [-0.3, -0.25) is 14.5 Å². The summed E-state index contributed by atoms with van der Waals surface area (Å²) in [5.74, 6) is -0.536. The van der Waals surface area contributed by atoms with E-state index in [1.165, 1.54) is 23.9 Å².